The highest BCUT2D eigenvalue weighted by Crippen LogP contribution is 2.36. The molecule has 1 heterocycles. The minimum absolute atomic E-state index is 0.0991. The molecule has 1 aliphatic heterocycles. The highest BCUT2D eigenvalue weighted by molar-refractivity contribution is 5.98. The van der Waals surface area contributed by atoms with Crippen LogP contribution in [-0.4, -0.2) is 37.4 Å². The van der Waals surface area contributed by atoms with Gasteiger partial charge in [0.15, 0.2) is 6.61 Å². The molecule has 3 amide bonds. The van der Waals surface area contributed by atoms with Gasteiger partial charge in [0, 0.05) is 6.07 Å². The molecule has 1 aliphatic rings. The van der Waals surface area contributed by atoms with Crippen molar-refractivity contribution in [3.05, 3.63) is 12.1 Å². The predicted molar refractivity (Wildman–Crippen MR) is 75.6 cm³/mol. The predicted octanol–water partition coefficient (Wildman–Crippen LogP) is -1.62. The molecule has 7 N–H and O–H groups in total. The Kier molecular flexibility index (Phi) is 3.83. The van der Waals surface area contributed by atoms with Crippen LogP contribution in [0.25, 0.3) is 0 Å². The molecule has 0 saturated heterocycles. The van der Waals surface area contributed by atoms with Gasteiger partial charge < -0.3 is 32.2 Å². The number of fused-ring (bicyclic) bond motifs is 1. The standard InChI is InChI=1S/C12H15N5O4/c13-6-1-9-7(16-12(20)5-21-9)2-8(6)17(3-10(14)18)4-11(15)19/h1-2H,3-5,13H2,(H2,14,18)(H2,15,19)(H,16,20). The van der Waals surface area contributed by atoms with E-state index < -0.39 is 11.8 Å². The second kappa shape index (κ2) is 5.57. The third-order valence-corrected chi connectivity index (χ3v) is 2.80. The molecule has 0 fully saturated rings. The maximum atomic E-state index is 11.3. The Labute approximate surface area is 120 Å². The monoisotopic (exact) mass is 293 g/mol. The number of ether oxygens (including phenoxy) is 1. The lowest BCUT2D eigenvalue weighted by molar-refractivity contribution is -0.119. The van der Waals surface area contributed by atoms with Gasteiger partial charge in [-0.05, 0) is 6.07 Å². The average Bonchev–Trinajstić information content (AvgIpc) is 2.36. The summed E-state index contributed by atoms with van der Waals surface area (Å²) in [5, 5.41) is 2.61. The Morgan fingerprint density at radius 1 is 1.24 bits per heavy atom. The molecule has 1 aromatic rings. The molecule has 9 nitrogen and oxygen atoms in total. The van der Waals surface area contributed by atoms with Crippen molar-refractivity contribution in [3.63, 3.8) is 0 Å². The van der Waals surface area contributed by atoms with Crippen LogP contribution >= 0.6 is 0 Å². The number of carbonyl (C=O) groups is 3. The average molecular weight is 293 g/mol. The third-order valence-electron chi connectivity index (χ3n) is 2.80. The second-order valence-electron chi connectivity index (χ2n) is 4.53. The molecule has 0 radical (unpaired) electrons. The van der Waals surface area contributed by atoms with Crippen LogP contribution in [0.4, 0.5) is 17.1 Å². The van der Waals surface area contributed by atoms with Crippen LogP contribution in [0.1, 0.15) is 0 Å². The molecule has 1 aromatic carbocycles. The van der Waals surface area contributed by atoms with E-state index in [0.29, 0.717) is 17.1 Å². The largest absolute Gasteiger partial charge is 0.482 e. The van der Waals surface area contributed by atoms with E-state index >= 15 is 0 Å². The number of nitrogens with zero attached hydrogens (tertiary/aromatic N) is 1. The summed E-state index contributed by atoms with van der Waals surface area (Å²) in [5.74, 6) is -1.19. The zero-order valence-corrected chi connectivity index (χ0v) is 11.1. The number of carbonyl (C=O) groups excluding carboxylic acids is 3. The lowest BCUT2D eigenvalue weighted by Gasteiger charge is -2.26. The lowest BCUT2D eigenvalue weighted by atomic mass is 10.1. The number of nitrogens with two attached hydrogens (primary N) is 3. The van der Waals surface area contributed by atoms with Crippen molar-refractivity contribution in [1.82, 2.24) is 0 Å². The first kappa shape index (κ1) is 14.4. The third kappa shape index (κ3) is 3.32. The van der Waals surface area contributed by atoms with Crippen molar-refractivity contribution in [3.8, 4) is 5.75 Å². The van der Waals surface area contributed by atoms with E-state index in [1.54, 1.807) is 0 Å². The van der Waals surface area contributed by atoms with E-state index in [1.807, 2.05) is 0 Å². The number of nitrogen functional groups attached to an aromatic ring is 1. The van der Waals surface area contributed by atoms with E-state index in [9.17, 15) is 14.4 Å². The van der Waals surface area contributed by atoms with E-state index in [1.165, 1.54) is 17.0 Å². The van der Waals surface area contributed by atoms with Gasteiger partial charge in [-0.3, -0.25) is 14.4 Å². The Morgan fingerprint density at radius 2 is 1.86 bits per heavy atom. The maximum absolute atomic E-state index is 11.3. The summed E-state index contributed by atoms with van der Waals surface area (Å²) in [6.45, 7) is -0.570. The number of amides is 3. The van der Waals surface area contributed by atoms with E-state index in [0.717, 1.165) is 0 Å². The molecule has 0 aliphatic carbocycles. The van der Waals surface area contributed by atoms with E-state index in [-0.39, 0.29) is 31.3 Å². The van der Waals surface area contributed by atoms with Crippen LogP contribution in [0.15, 0.2) is 12.1 Å². The number of rotatable bonds is 5. The highest BCUT2D eigenvalue weighted by Gasteiger charge is 2.21. The summed E-state index contributed by atoms with van der Waals surface area (Å²) in [4.78, 5) is 34.9. The minimum atomic E-state index is -0.645. The van der Waals surface area contributed by atoms with Crippen molar-refractivity contribution < 1.29 is 19.1 Å². The van der Waals surface area contributed by atoms with Gasteiger partial charge >= 0.3 is 0 Å². The van der Waals surface area contributed by atoms with Crippen LogP contribution < -0.4 is 32.2 Å². The normalized spacial score (nSPS) is 12.9. The summed E-state index contributed by atoms with van der Waals surface area (Å²) in [6.07, 6.45) is 0. The molecule has 0 spiro atoms. The summed E-state index contributed by atoms with van der Waals surface area (Å²) in [5.41, 5.74) is 17.2. The molecule has 0 aromatic heterocycles. The lowest BCUT2D eigenvalue weighted by Crippen LogP contribution is -2.40. The number of anilines is 3. The van der Waals surface area contributed by atoms with Crippen LogP contribution in [0.5, 0.6) is 5.75 Å². The summed E-state index contributed by atoms with van der Waals surface area (Å²) < 4.78 is 5.22. The van der Waals surface area contributed by atoms with Gasteiger partial charge in [0.1, 0.15) is 5.75 Å². The molecule has 0 atom stereocenters. The topological polar surface area (TPSA) is 154 Å². The van der Waals surface area contributed by atoms with Gasteiger partial charge in [-0.25, -0.2) is 0 Å². The van der Waals surface area contributed by atoms with Crippen LogP contribution in [0.3, 0.4) is 0 Å². The molecular formula is C12H15N5O4. The van der Waals surface area contributed by atoms with Gasteiger partial charge in [-0.1, -0.05) is 0 Å². The molecule has 0 saturated carbocycles. The number of benzene rings is 1. The van der Waals surface area contributed by atoms with Gasteiger partial charge in [-0.2, -0.15) is 0 Å². The Hall–Kier alpha value is -2.97. The number of primary amides is 2. The molecule has 0 unspecified atom stereocenters. The van der Waals surface area contributed by atoms with Crippen LogP contribution in [0.2, 0.25) is 0 Å². The number of hydrogen-bond acceptors (Lipinski definition) is 6. The SMILES string of the molecule is NC(=O)CN(CC(N)=O)c1cc2c(cc1N)OCC(=O)N2. The molecule has 0 bridgehead atoms. The Balaban J connectivity index is 2.39. The molecular weight excluding hydrogens is 278 g/mol. The van der Waals surface area contributed by atoms with Crippen LogP contribution in [0, 0.1) is 0 Å². The second-order valence-corrected chi connectivity index (χ2v) is 4.53. The number of hydrogen-bond donors (Lipinski definition) is 4. The Morgan fingerprint density at radius 3 is 2.43 bits per heavy atom. The van der Waals surface area contributed by atoms with Crippen molar-refractivity contribution in [2.45, 2.75) is 0 Å². The minimum Gasteiger partial charge on any atom is -0.482 e. The fourth-order valence-electron chi connectivity index (χ4n) is 2.01. The van der Waals surface area contributed by atoms with Crippen molar-refractivity contribution in [2.24, 2.45) is 11.5 Å². The van der Waals surface area contributed by atoms with Gasteiger partial charge in [0.05, 0.1) is 30.2 Å². The molecule has 112 valence electrons. The quantitative estimate of drug-likeness (QED) is 0.478. The summed E-state index contributed by atoms with van der Waals surface area (Å²) in [7, 11) is 0. The fraction of sp³-hybridized carbons (Fsp3) is 0.250. The molecule has 9 heteroatoms. The van der Waals surface area contributed by atoms with Gasteiger partial charge in [-0.15, -0.1) is 0 Å². The smallest absolute Gasteiger partial charge is 0.262 e. The summed E-state index contributed by atoms with van der Waals surface area (Å²) in [6, 6.07) is 3.01. The first-order chi connectivity index (χ1) is 9.86. The number of nitrogens with one attached hydrogen (secondary N) is 1. The van der Waals surface area contributed by atoms with Crippen molar-refractivity contribution in [2.75, 3.05) is 35.6 Å². The van der Waals surface area contributed by atoms with Gasteiger partial charge in [0.25, 0.3) is 5.91 Å². The van der Waals surface area contributed by atoms with Crippen molar-refractivity contribution in [1.29, 1.82) is 0 Å². The first-order valence-corrected chi connectivity index (χ1v) is 6.04. The zero-order chi connectivity index (χ0) is 15.6. The summed E-state index contributed by atoms with van der Waals surface area (Å²) >= 11 is 0. The maximum Gasteiger partial charge on any atom is 0.262 e. The molecule has 2 rings (SSSR count). The van der Waals surface area contributed by atoms with Gasteiger partial charge in [0.2, 0.25) is 11.8 Å². The first-order valence-electron chi connectivity index (χ1n) is 6.04. The van der Waals surface area contributed by atoms with Crippen LogP contribution in [-0.2, 0) is 14.4 Å². The highest BCUT2D eigenvalue weighted by atomic mass is 16.5. The van der Waals surface area contributed by atoms with Crippen molar-refractivity contribution >= 4 is 34.8 Å². The fourth-order valence-corrected chi connectivity index (χ4v) is 2.01. The molecule has 21 heavy (non-hydrogen) atoms. The Bertz CT molecular complexity index is 600. The van der Waals surface area contributed by atoms with E-state index in [4.69, 9.17) is 21.9 Å². The van der Waals surface area contributed by atoms with E-state index in [2.05, 4.69) is 5.32 Å². The zero-order valence-electron chi connectivity index (χ0n) is 11.1.